The van der Waals surface area contributed by atoms with E-state index in [0.29, 0.717) is 18.7 Å². The Labute approximate surface area is 180 Å². The maximum atomic E-state index is 12.4. The molecule has 1 aromatic heterocycles. The minimum Gasteiger partial charge on any atom is -0.494 e. The van der Waals surface area contributed by atoms with Crippen molar-refractivity contribution in [2.24, 2.45) is 0 Å². The van der Waals surface area contributed by atoms with Crippen LogP contribution >= 0.6 is 11.3 Å². The molecule has 1 heterocycles. The molecule has 1 N–H and O–H groups in total. The first-order valence-corrected chi connectivity index (χ1v) is 10.7. The van der Waals surface area contributed by atoms with Crippen LogP contribution in [0.25, 0.3) is 21.8 Å². The standard InChI is InChI=1S/C25H22N2O2S/c1-2-29-22-13-11-20(12-14-22)24(28)26-16-18-7-6-10-21(15-18)25-27-23(17-30-25)19-8-4-3-5-9-19/h3-15,17H,2,16H2,1H3,(H,26,28). The summed E-state index contributed by atoms with van der Waals surface area (Å²) in [7, 11) is 0. The molecule has 0 aliphatic heterocycles. The molecule has 4 rings (SSSR count). The predicted molar refractivity (Wildman–Crippen MR) is 122 cm³/mol. The van der Waals surface area contributed by atoms with Gasteiger partial charge in [-0.15, -0.1) is 11.3 Å². The van der Waals surface area contributed by atoms with Gasteiger partial charge in [-0.2, -0.15) is 0 Å². The Morgan fingerprint density at radius 3 is 2.50 bits per heavy atom. The number of nitrogens with one attached hydrogen (secondary N) is 1. The third-order valence-electron chi connectivity index (χ3n) is 4.63. The smallest absolute Gasteiger partial charge is 0.251 e. The largest absolute Gasteiger partial charge is 0.494 e. The Kier molecular flexibility index (Phi) is 6.20. The zero-order valence-electron chi connectivity index (χ0n) is 16.7. The number of aromatic nitrogens is 1. The minimum atomic E-state index is -0.107. The summed E-state index contributed by atoms with van der Waals surface area (Å²) in [5.74, 6) is 0.657. The van der Waals surface area contributed by atoms with Crippen molar-refractivity contribution in [3.05, 3.63) is 95.4 Å². The average molecular weight is 415 g/mol. The lowest BCUT2D eigenvalue weighted by Crippen LogP contribution is -2.22. The molecule has 0 saturated heterocycles. The Bertz CT molecular complexity index is 1120. The first-order chi connectivity index (χ1) is 14.7. The lowest BCUT2D eigenvalue weighted by Gasteiger charge is -2.08. The second-order valence-corrected chi connectivity index (χ2v) is 7.60. The summed E-state index contributed by atoms with van der Waals surface area (Å²) in [4.78, 5) is 17.2. The van der Waals surface area contributed by atoms with Gasteiger partial charge < -0.3 is 10.1 Å². The predicted octanol–water partition coefficient (Wildman–Crippen LogP) is 5.81. The van der Waals surface area contributed by atoms with E-state index in [4.69, 9.17) is 9.72 Å². The van der Waals surface area contributed by atoms with Gasteiger partial charge in [0.15, 0.2) is 0 Å². The van der Waals surface area contributed by atoms with Crippen molar-refractivity contribution in [2.75, 3.05) is 6.61 Å². The highest BCUT2D eigenvalue weighted by Crippen LogP contribution is 2.29. The lowest BCUT2D eigenvalue weighted by molar-refractivity contribution is 0.0951. The fraction of sp³-hybridized carbons (Fsp3) is 0.120. The van der Waals surface area contributed by atoms with Crippen LogP contribution in [0.15, 0.2) is 84.2 Å². The van der Waals surface area contributed by atoms with Crippen LogP contribution in [0.2, 0.25) is 0 Å². The first kappa shape index (κ1) is 19.9. The molecule has 0 atom stereocenters. The fourth-order valence-electron chi connectivity index (χ4n) is 3.12. The Balaban J connectivity index is 1.42. The molecule has 0 radical (unpaired) electrons. The summed E-state index contributed by atoms with van der Waals surface area (Å²) in [5, 5.41) is 6.02. The van der Waals surface area contributed by atoms with Crippen LogP contribution in [0.5, 0.6) is 5.75 Å². The van der Waals surface area contributed by atoms with Crippen molar-refractivity contribution >= 4 is 17.2 Å². The number of thiazole rings is 1. The van der Waals surface area contributed by atoms with Crippen LogP contribution < -0.4 is 10.1 Å². The summed E-state index contributed by atoms with van der Waals surface area (Å²) in [6.07, 6.45) is 0. The quantitative estimate of drug-likeness (QED) is 0.415. The molecular formula is C25H22N2O2S. The lowest BCUT2D eigenvalue weighted by atomic mass is 10.1. The Hall–Kier alpha value is -3.44. The number of carbonyl (C=O) groups is 1. The molecule has 0 aliphatic rings. The Morgan fingerprint density at radius 1 is 0.967 bits per heavy atom. The Morgan fingerprint density at radius 2 is 1.73 bits per heavy atom. The summed E-state index contributed by atoms with van der Waals surface area (Å²) >= 11 is 1.62. The van der Waals surface area contributed by atoms with Gasteiger partial charge in [-0.3, -0.25) is 4.79 Å². The molecule has 5 heteroatoms. The highest BCUT2D eigenvalue weighted by molar-refractivity contribution is 7.13. The highest BCUT2D eigenvalue weighted by Gasteiger charge is 2.09. The van der Waals surface area contributed by atoms with Crippen LogP contribution in [0, 0.1) is 0 Å². The van der Waals surface area contributed by atoms with Crippen LogP contribution in [-0.2, 0) is 6.54 Å². The number of amides is 1. The normalized spacial score (nSPS) is 10.6. The van der Waals surface area contributed by atoms with Crippen molar-refractivity contribution < 1.29 is 9.53 Å². The van der Waals surface area contributed by atoms with Gasteiger partial charge in [0.2, 0.25) is 0 Å². The molecule has 3 aromatic carbocycles. The van der Waals surface area contributed by atoms with Crippen molar-refractivity contribution in [1.82, 2.24) is 10.3 Å². The van der Waals surface area contributed by atoms with Crippen LogP contribution in [0.1, 0.15) is 22.8 Å². The van der Waals surface area contributed by atoms with Crippen LogP contribution in [0.4, 0.5) is 0 Å². The third kappa shape index (κ3) is 4.75. The maximum absolute atomic E-state index is 12.4. The van der Waals surface area contributed by atoms with E-state index in [1.165, 1.54) is 0 Å². The van der Waals surface area contributed by atoms with Crippen molar-refractivity contribution in [3.63, 3.8) is 0 Å². The minimum absolute atomic E-state index is 0.107. The van der Waals surface area contributed by atoms with E-state index in [0.717, 1.165) is 33.1 Å². The van der Waals surface area contributed by atoms with Gasteiger partial charge in [0.25, 0.3) is 5.91 Å². The van der Waals surface area contributed by atoms with Gasteiger partial charge in [-0.25, -0.2) is 4.98 Å². The summed E-state index contributed by atoms with van der Waals surface area (Å²) < 4.78 is 5.42. The van der Waals surface area contributed by atoms with Crippen molar-refractivity contribution in [3.8, 4) is 27.6 Å². The fourth-order valence-corrected chi connectivity index (χ4v) is 3.94. The molecule has 150 valence electrons. The van der Waals surface area contributed by atoms with E-state index < -0.39 is 0 Å². The monoisotopic (exact) mass is 414 g/mol. The van der Waals surface area contributed by atoms with Crippen molar-refractivity contribution in [1.29, 1.82) is 0 Å². The first-order valence-electron chi connectivity index (χ1n) is 9.84. The third-order valence-corrected chi connectivity index (χ3v) is 5.52. The van der Waals surface area contributed by atoms with E-state index in [1.807, 2.05) is 55.5 Å². The second-order valence-electron chi connectivity index (χ2n) is 6.74. The van der Waals surface area contributed by atoms with E-state index >= 15 is 0 Å². The zero-order chi connectivity index (χ0) is 20.8. The number of benzene rings is 3. The van der Waals surface area contributed by atoms with Gasteiger partial charge in [0.1, 0.15) is 10.8 Å². The van der Waals surface area contributed by atoms with Crippen LogP contribution in [-0.4, -0.2) is 17.5 Å². The molecule has 30 heavy (non-hydrogen) atoms. The molecular weight excluding hydrogens is 392 g/mol. The second kappa shape index (κ2) is 9.37. The summed E-state index contributed by atoms with van der Waals surface area (Å²) in [6, 6.07) is 25.5. The summed E-state index contributed by atoms with van der Waals surface area (Å²) in [5.41, 5.74) is 4.78. The number of rotatable bonds is 7. The molecule has 1 amide bonds. The number of hydrogen-bond donors (Lipinski definition) is 1. The maximum Gasteiger partial charge on any atom is 0.251 e. The van der Waals surface area contributed by atoms with Gasteiger partial charge in [0.05, 0.1) is 12.3 Å². The van der Waals surface area contributed by atoms with Gasteiger partial charge >= 0.3 is 0 Å². The van der Waals surface area contributed by atoms with Gasteiger partial charge in [-0.1, -0.05) is 48.5 Å². The number of carbonyl (C=O) groups excluding carboxylic acids is 1. The molecule has 4 aromatic rings. The SMILES string of the molecule is CCOc1ccc(C(=O)NCc2cccc(-c3nc(-c4ccccc4)cs3)c2)cc1. The molecule has 0 aliphatic carbocycles. The van der Waals surface area contributed by atoms with E-state index in [2.05, 4.69) is 28.9 Å². The molecule has 0 bridgehead atoms. The van der Waals surface area contributed by atoms with Gasteiger partial charge in [-0.05, 0) is 42.8 Å². The molecule has 0 saturated carbocycles. The van der Waals surface area contributed by atoms with Gasteiger partial charge in [0, 0.05) is 28.6 Å². The molecule has 0 unspecified atom stereocenters. The summed E-state index contributed by atoms with van der Waals surface area (Å²) in [6.45, 7) is 2.99. The number of hydrogen-bond acceptors (Lipinski definition) is 4. The average Bonchev–Trinajstić information content (AvgIpc) is 3.29. The number of ether oxygens (including phenoxy) is 1. The number of nitrogens with zero attached hydrogens (tertiary/aromatic N) is 1. The van der Waals surface area contributed by atoms with Crippen LogP contribution in [0.3, 0.4) is 0 Å². The molecule has 0 fully saturated rings. The van der Waals surface area contributed by atoms with Crippen molar-refractivity contribution in [2.45, 2.75) is 13.5 Å². The highest BCUT2D eigenvalue weighted by atomic mass is 32.1. The molecule has 0 spiro atoms. The topological polar surface area (TPSA) is 51.2 Å². The van der Waals surface area contributed by atoms with E-state index in [9.17, 15) is 4.79 Å². The van der Waals surface area contributed by atoms with E-state index in [-0.39, 0.29) is 5.91 Å². The molecule has 4 nitrogen and oxygen atoms in total. The zero-order valence-corrected chi connectivity index (χ0v) is 17.5. The van der Waals surface area contributed by atoms with E-state index in [1.54, 1.807) is 23.5 Å².